The molecule has 1 aromatic carbocycles. The quantitative estimate of drug-likeness (QED) is 0.884. The van der Waals surface area contributed by atoms with Crippen molar-refractivity contribution in [3.05, 3.63) is 28.3 Å². The van der Waals surface area contributed by atoms with Crippen molar-refractivity contribution >= 4 is 33.0 Å². The van der Waals surface area contributed by atoms with Crippen molar-refractivity contribution in [1.29, 1.82) is 0 Å². The number of amides is 1. The van der Waals surface area contributed by atoms with Gasteiger partial charge in [-0.05, 0) is 38.1 Å². The molecular formula is C14H19ClN2O3S. The Morgan fingerprint density at radius 3 is 2.52 bits per heavy atom. The first-order chi connectivity index (χ1) is 9.57. The van der Waals surface area contributed by atoms with Gasteiger partial charge in [0.25, 0.3) is 0 Å². The summed E-state index contributed by atoms with van der Waals surface area (Å²) in [4.78, 5) is 11.5. The lowest BCUT2D eigenvalue weighted by molar-refractivity contribution is -0.115. The average molecular weight is 331 g/mol. The molecule has 0 aromatic heterocycles. The first kappa shape index (κ1) is 16.3. The fourth-order valence-electron chi connectivity index (χ4n) is 2.58. The van der Waals surface area contributed by atoms with Crippen molar-refractivity contribution in [2.75, 3.05) is 18.6 Å². The van der Waals surface area contributed by atoms with Crippen LogP contribution >= 0.6 is 11.6 Å². The standard InChI is InChI=1S/C14H19ClN2O3S/c1-14(2,21(4,19)20)13(16-3)9-5-8-6-12(18)17-11(8)7-10(9)15/h5,7,13,16H,6H2,1-4H3,(H,17,18). The van der Waals surface area contributed by atoms with Gasteiger partial charge in [0.1, 0.15) is 0 Å². The van der Waals surface area contributed by atoms with Crippen LogP contribution in [0.2, 0.25) is 5.02 Å². The Morgan fingerprint density at radius 1 is 1.38 bits per heavy atom. The van der Waals surface area contributed by atoms with E-state index in [1.54, 1.807) is 27.0 Å². The zero-order valence-electron chi connectivity index (χ0n) is 12.5. The maximum absolute atomic E-state index is 12.1. The molecule has 1 amide bonds. The van der Waals surface area contributed by atoms with E-state index in [2.05, 4.69) is 10.6 Å². The predicted molar refractivity (Wildman–Crippen MR) is 84.5 cm³/mol. The number of benzene rings is 1. The monoisotopic (exact) mass is 330 g/mol. The first-order valence-corrected chi connectivity index (χ1v) is 8.84. The van der Waals surface area contributed by atoms with Gasteiger partial charge in [-0.25, -0.2) is 8.42 Å². The van der Waals surface area contributed by atoms with E-state index < -0.39 is 20.6 Å². The van der Waals surface area contributed by atoms with Gasteiger partial charge >= 0.3 is 0 Å². The highest BCUT2D eigenvalue weighted by Crippen LogP contribution is 2.39. The van der Waals surface area contributed by atoms with Crippen molar-refractivity contribution in [1.82, 2.24) is 5.32 Å². The molecular weight excluding hydrogens is 312 g/mol. The number of rotatable bonds is 4. The number of sulfone groups is 1. The normalized spacial score (nSPS) is 16.5. The smallest absolute Gasteiger partial charge is 0.228 e. The summed E-state index contributed by atoms with van der Waals surface area (Å²) in [5, 5.41) is 6.21. The number of hydrogen-bond acceptors (Lipinski definition) is 4. The number of nitrogens with one attached hydrogen (secondary N) is 2. The molecule has 21 heavy (non-hydrogen) atoms. The Morgan fingerprint density at radius 2 is 2.00 bits per heavy atom. The van der Waals surface area contributed by atoms with Gasteiger partial charge < -0.3 is 10.6 Å². The first-order valence-electron chi connectivity index (χ1n) is 6.57. The van der Waals surface area contributed by atoms with Crippen LogP contribution in [0.25, 0.3) is 0 Å². The lowest BCUT2D eigenvalue weighted by Crippen LogP contribution is -2.44. The fraction of sp³-hybridized carbons (Fsp3) is 0.500. The Labute approximate surface area is 130 Å². The summed E-state index contributed by atoms with van der Waals surface area (Å²) in [5.74, 6) is -0.0819. The molecule has 0 spiro atoms. The van der Waals surface area contributed by atoms with Gasteiger partial charge in [0.15, 0.2) is 9.84 Å². The highest BCUT2D eigenvalue weighted by Gasteiger charge is 2.40. The number of carbonyl (C=O) groups is 1. The molecule has 1 aliphatic rings. The molecule has 7 heteroatoms. The summed E-state index contributed by atoms with van der Waals surface area (Å²) in [5.41, 5.74) is 2.22. The topological polar surface area (TPSA) is 75.3 Å². The molecule has 0 saturated heterocycles. The molecule has 0 aliphatic carbocycles. The van der Waals surface area contributed by atoms with E-state index in [4.69, 9.17) is 11.6 Å². The van der Waals surface area contributed by atoms with Crippen molar-refractivity contribution in [3.8, 4) is 0 Å². The van der Waals surface area contributed by atoms with Crippen molar-refractivity contribution in [3.63, 3.8) is 0 Å². The number of halogens is 1. The van der Waals surface area contributed by atoms with E-state index in [-0.39, 0.29) is 12.3 Å². The number of carbonyl (C=O) groups excluding carboxylic acids is 1. The second-order valence-electron chi connectivity index (χ2n) is 5.85. The Hall–Kier alpha value is -1.11. The molecule has 0 radical (unpaired) electrons. The second kappa shape index (κ2) is 5.26. The van der Waals surface area contributed by atoms with Gasteiger partial charge in [0.05, 0.1) is 17.2 Å². The van der Waals surface area contributed by atoms with Gasteiger partial charge in [-0.1, -0.05) is 17.7 Å². The Kier molecular flexibility index (Phi) is 4.08. The molecule has 0 bridgehead atoms. The summed E-state index contributed by atoms with van der Waals surface area (Å²) < 4.78 is 23.1. The molecule has 1 heterocycles. The summed E-state index contributed by atoms with van der Waals surface area (Å²) in [6.07, 6.45) is 1.50. The van der Waals surface area contributed by atoms with Gasteiger partial charge in [-0.15, -0.1) is 0 Å². The highest BCUT2D eigenvalue weighted by atomic mass is 35.5. The third kappa shape index (κ3) is 2.80. The van der Waals surface area contributed by atoms with Crippen LogP contribution < -0.4 is 10.6 Å². The van der Waals surface area contributed by atoms with E-state index in [1.807, 2.05) is 6.07 Å². The number of fused-ring (bicyclic) bond motifs is 1. The van der Waals surface area contributed by atoms with Crippen molar-refractivity contribution in [2.45, 2.75) is 31.1 Å². The molecule has 1 aliphatic heterocycles. The van der Waals surface area contributed by atoms with Crippen LogP contribution in [-0.4, -0.2) is 32.4 Å². The SMILES string of the molecule is CNC(c1cc2c(cc1Cl)NC(=O)C2)C(C)(C)S(C)(=O)=O. The molecule has 1 unspecified atom stereocenters. The van der Waals surface area contributed by atoms with Crippen LogP contribution in [0.1, 0.15) is 31.0 Å². The summed E-state index contributed by atoms with van der Waals surface area (Å²) in [6, 6.07) is 3.02. The lowest BCUT2D eigenvalue weighted by Gasteiger charge is -2.33. The van der Waals surface area contributed by atoms with Gasteiger partial charge in [-0.3, -0.25) is 4.79 Å². The average Bonchev–Trinajstić information content (AvgIpc) is 2.67. The minimum Gasteiger partial charge on any atom is -0.325 e. The van der Waals surface area contributed by atoms with Crippen LogP contribution in [-0.2, 0) is 21.1 Å². The lowest BCUT2D eigenvalue weighted by atomic mass is 9.93. The Balaban J connectivity index is 2.55. The van der Waals surface area contributed by atoms with Crippen molar-refractivity contribution in [2.24, 2.45) is 0 Å². The van der Waals surface area contributed by atoms with Crippen LogP contribution in [0.15, 0.2) is 12.1 Å². The third-order valence-electron chi connectivity index (χ3n) is 4.10. The Bertz CT molecular complexity index is 698. The van der Waals surface area contributed by atoms with Crippen LogP contribution in [0, 0.1) is 0 Å². The van der Waals surface area contributed by atoms with Crippen LogP contribution in [0.5, 0.6) is 0 Å². The fourth-order valence-corrected chi connectivity index (χ4v) is 3.53. The molecule has 0 saturated carbocycles. The molecule has 0 fully saturated rings. The molecule has 1 atom stereocenters. The molecule has 1 aromatic rings. The van der Waals surface area contributed by atoms with E-state index in [9.17, 15) is 13.2 Å². The largest absolute Gasteiger partial charge is 0.325 e. The number of anilines is 1. The second-order valence-corrected chi connectivity index (χ2v) is 8.86. The van der Waals surface area contributed by atoms with Gasteiger partial charge in [0, 0.05) is 17.0 Å². The van der Waals surface area contributed by atoms with Crippen molar-refractivity contribution < 1.29 is 13.2 Å². The van der Waals surface area contributed by atoms with Gasteiger partial charge in [-0.2, -0.15) is 0 Å². The summed E-state index contributed by atoms with van der Waals surface area (Å²) in [7, 11) is -1.61. The molecule has 2 rings (SSSR count). The minimum absolute atomic E-state index is 0.0819. The zero-order chi connectivity index (χ0) is 16.0. The van der Waals surface area contributed by atoms with E-state index in [0.29, 0.717) is 16.3 Å². The minimum atomic E-state index is -3.31. The highest BCUT2D eigenvalue weighted by molar-refractivity contribution is 7.92. The van der Waals surface area contributed by atoms with Crippen LogP contribution in [0.4, 0.5) is 5.69 Å². The van der Waals surface area contributed by atoms with E-state index >= 15 is 0 Å². The number of hydrogen-bond donors (Lipinski definition) is 2. The van der Waals surface area contributed by atoms with Crippen LogP contribution in [0.3, 0.4) is 0 Å². The summed E-state index contributed by atoms with van der Waals surface area (Å²) in [6.45, 7) is 3.33. The zero-order valence-corrected chi connectivity index (χ0v) is 14.0. The molecule has 5 nitrogen and oxygen atoms in total. The molecule has 2 N–H and O–H groups in total. The van der Waals surface area contributed by atoms with Gasteiger partial charge in [0.2, 0.25) is 5.91 Å². The van der Waals surface area contributed by atoms with E-state index in [0.717, 1.165) is 5.56 Å². The predicted octanol–water partition coefficient (Wildman–Crippen LogP) is 1.92. The molecule has 116 valence electrons. The van der Waals surface area contributed by atoms with E-state index in [1.165, 1.54) is 6.26 Å². The summed E-state index contributed by atoms with van der Waals surface area (Å²) >= 11 is 6.30. The maximum Gasteiger partial charge on any atom is 0.228 e. The third-order valence-corrected chi connectivity index (χ3v) is 6.57. The maximum atomic E-state index is 12.1.